The molecule has 0 spiro atoms. The van der Waals surface area contributed by atoms with Crippen molar-refractivity contribution in [3.05, 3.63) is 0 Å². The van der Waals surface area contributed by atoms with Gasteiger partial charge in [0.05, 0.1) is 0 Å². The lowest BCUT2D eigenvalue weighted by Gasteiger charge is -2.47. The molecular weight excluding hydrogens is 266 g/mol. The lowest BCUT2D eigenvalue weighted by atomic mass is 9.86. The van der Waals surface area contributed by atoms with E-state index in [1.165, 1.54) is 0 Å². The van der Waals surface area contributed by atoms with Crippen molar-refractivity contribution in [3.63, 3.8) is 0 Å². The molecule has 0 aliphatic carbocycles. The van der Waals surface area contributed by atoms with Gasteiger partial charge in [-0.2, -0.15) is 0 Å². The average Bonchev–Trinajstić information content (AvgIpc) is 2.23. The Kier molecular flexibility index (Phi) is 4.85. The Morgan fingerprint density at radius 1 is 1.37 bits per heavy atom. The summed E-state index contributed by atoms with van der Waals surface area (Å²) in [6.07, 6.45) is 0. The van der Waals surface area contributed by atoms with Crippen molar-refractivity contribution in [1.29, 1.82) is 0 Å². The van der Waals surface area contributed by atoms with Crippen LogP contribution >= 0.6 is 12.4 Å². The maximum Gasteiger partial charge on any atom is 0.247 e. The van der Waals surface area contributed by atoms with Crippen molar-refractivity contribution in [3.8, 4) is 0 Å². The Labute approximate surface area is 121 Å². The maximum absolute atomic E-state index is 12.5. The van der Waals surface area contributed by atoms with Crippen LogP contribution in [0.1, 0.15) is 20.8 Å². The number of likely N-dealkylation sites (N-methyl/N-ethyl adjacent to an activating group) is 1. The van der Waals surface area contributed by atoms with Crippen molar-refractivity contribution >= 4 is 24.2 Å². The second-order valence-electron chi connectivity index (χ2n) is 5.98. The number of nitrogens with zero attached hydrogens (tertiary/aromatic N) is 2. The van der Waals surface area contributed by atoms with Crippen LogP contribution < -0.4 is 5.32 Å². The number of hydrogen-bond acceptors (Lipinski definition) is 3. The Hall–Kier alpha value is -0.810. The predicted molar refractivity (Wildman–Crippen MR) is 76.2 cm³/mol. The van der Waals surface area contributed by atoms with Gasteiger partial charge in [-0.25, -0.2) is 0 Å². The molecule has 1 atom stereocenters. The summed E-state index contributed by atoms with van der Waals surface area (Å²) in [7, 11) is 1.80. The monoisotopic (exact) mass is 289 g/mol. The molecule has 0 radical (unpaired) electrons. The minimum atomic E-state index is -0.713. The van der Waals surface area contributed by atoms with E-state index in [0.29, 0.717) is 19.0 Å². The van der Waals surface area contributed by atoms with Crippen LogP contribution in [0, 0.1) is 11.8 Å². The van der Waals surface area contributed by atoms with Crippen LogP contribution in [0.2, 0.25) is 0 Å². The first kappa shape index (κ1) is 16.2. The largest absolute Gasteiger partial charge is 0.342 e. The average molecular weight is 290 g/mol. The molecule has 0 aromatic rings. The van der Waals surface area contributed by atoms with Crippen molar-refractivity contribution in [2.45, 2.75) is 26.3 Å². The topological polar surface area (TPSA) is 52.7 Å². The molecule has 0 saturated carbocycles. The molecule has 1 N–H and O–H groups in total. The quantitative estimate of drug-likeness (QED) is 0.798. The zero-order chi connectivity index (χ0) is 13.5. The number of hydrogen-bond donors (Lipinski definition) is 1. The van der Waals surface area contributed by atoms with E-state index in [9.17, 15) is 9.59 Å². The van der Waals surface area contributed by atoms with Crippen LogP contribution in [0.15, 0.2) is 0 Å². The third-order valence-electron chi connectivity index (χ3n) is 4.38. The van der Waals surface area contributed by atoms with E-state index in [4.69, 9.17) is 0 Å². The second-order valence-corrected chi connectivity index (χ2v) is 5.98. The van der Waals surface area contributed by atoms with Gasteiger partial charge < -0.3 is 15.1 Å². The Morgan fingerprint density at radius 3 is 2.42 bits per heavy atom. The summed E-state index contributed by atoms with van der Waals surface area (Å²) in [4.78, 5) is 28.2. The van der Waals surface area contributed by atoms with Gasteiger partial charge in [-0.05, 0) is 32.9 Å². The molecule has 0 bridgehead atoms. The number of carbonyl (C=O) groups excluding carboxylic acids is 2. The highest BCUT2D eigenvalue weighted by Gasteiger charge is 2.45. The van der Waals surface area contributed by atoms with Crippen LogP contribution in [-0.2, 0) is 9.59 Å². The summed E-state index contributed by atoms with van der Waals surface area (Å²) in [5, 5.41) is 3.19. The molecular formula is C13H24ClN3O2. The highest BCUT2D eigenvalue weighted by atomic mass is 35.5. The molecule has 2 rings (SSSR count). The molecule has 2 heterocycles. The van der Waals surface area contributed by atoms with Gasteiger partial charge in [0.25, 0.3) is 0 Å². The molecule has 2 aliphatic rings. The number of piperazine rings is 1. The Morgan fingerprint density at radius 2 is 1.95 bits per heavy atom. The normalized spacial score (nSPS) is 24.5. The lowest BCUT2D eigenvalue weighted by Crippen LogP contribution is -2.65. The summed E-state index contributed by atoms with van der Waals surface area (Å²) in [6.45, 7) is 8.75. The number of rotatable bonds is 2. The van der Waals surface area contributed by atoms with Gasteiger partial charge in [0.15, 0.2) is 0 Å². The van der Waals surface area contributed by atoms with Crippen molar-refractivity contribution in [1.82, 2.24) is 15.1 Å². The third-order valence-corrected chi connectivity index (χ3v) is 4.38. The van der Waals surface area contributed by atoms with E-state index in [-0.39, 0.29) is 30.1 Å². The molecule has 1 unspecified atom stereocenters. The van der Waals surface area contributed by atoms with Crippen LogP contribution in [0.3, 0.4) is 0 Å². The Balaban J connectivity index is 0.00000180. The summed E-state index contributed by atoms with van der Waals surface area (Å²) in [6, 6.07) is 0. The fraction of sp³-hybridized carbons (Fsp3) is 0.846. The van der Waals surface area contributed by atoms with Gasteiger partial charge in [-0.1, -0.05) is 6.92 Å². The first-order valence-electron chi connectivity index (χ1n) is 6.63. The lowest BCUT2D eigenvalue weighted by molar-refractivity contribution is -0.160. The zero-order valence-corrected chi connectivity index (χ0v) is 12.9. The van der Waals surface area contributed by atoms with Gasteiger partial charge in [0.2, 0.25) is 11.8 Å². The Bertz CT molecular complexity index is 369. The van der Waals surface area contributed by atoms with Crippen molar-refractivity contribution in [2.75, 3.05) is 33.2 Å². The molecule has 2 aliphatic heterocycles. The summed E-state index contributed by atoms with van der Waals surface area (Å²) in [5.41, 5.74) is -0.713. The summed E-state index contributed by atoms with van der Waals surface area (Å²) < 4.78 is 0. The van der Waals surface area contributed by atoms with Crippen molar-refractivity contribution < 1.29 is 9.59 Å². The molecule has 2 saturated heterocycles. The van der Waals surface area contributed by atoms with Gasteiger partial charge in [-0.3, -0.25) is 9.59 Å². The number of carbonyl (C=O) groups is 2. The predicted octanol–water partition coefficient (Wildman–Crippen LogP) is 0.343. The fourth-order valence-electron chi connectivity index (χ4n) is 2.71. The van der Waals surface area contributed by atoms with E-state index >= 15 is 0 Å². The first-order chi connectivity index (χ1) is 8.35. The second kappa shape index (κ2) is 5.67. The number of nitrogens with one attached hydrogen (secondary N) is 1. The van der Waals surface area contributed by atoms with Crippen LogP contribution in [0.5, 0.6) is 0 Å². The van der Waals surface area contributed by atoms with Crippen molar-refractivity contribution in [2.24, 2.45) is 11.8 Å². The summed E-state index contributed by atoms with van der Waals surface area (Å²) in [5.74, 6) is 0.568. The molecule has 6 heteroatoms. The zero-order valence-electron chi connectivity index (χ0n) is 12.1. The number of halogens is 1. The van der Waals surface area contributed by atoms with Crippen LogP contribution in [-0.4, -0.2) is 60.4 Å². The molecule has 2 fully saturated rings. The van der Waals surface area contributed by atoms with E-state index < -0.39 is 5.54 Å². The van der Waals surface area contributed by atoms with Gasteiger partial charge in [0.1, 0.15) is 5.54 Å². The van der Waals surface area contributed by atoms with Crippen LogP contribution in [0.4, 0.5) is 0 Å². The molecule has 110 valence electrons. The first-order valence-corrected chi connectivity index (χ1v) is 6.63. The highest BCUT2D eigenvalue weighted by molar-refractivity contribution is 5.92. The smallest absolute Gasteiger partial charge is 0.247 e. The minimum Gasteiger partial charge on any atom is -0.342 e. The van der Waals surface area contributed by atoms with E-state index in [0.717, 1.165) is 13.1 Å². The molecule has 0 aromatic carbocycles. The van der Waals surface area contributed by atoms with Gasteiger partial charge >= 0.3 is 0 Å². The molecule has 0 aromatic heterocycles. The van der Waals surface area contributed by atoms with Crippen LogP contribution in [0.25, 0.3) is 0 Å². The maximum atomic E-state index is 12.5. The fourth-order valence-corrected chi connectivity index (χ4v) is 2.71. The molecule has 19 heavy (non-hydrogen) atoms. The van der Waals surface area contributed by atoms with Gasteiger partial charge in [0, 0.05) is 26.1 Å². The van der Waals surface area contributed by atoms with Gasteiger partial charge in [-0.15, -0.1) is 12.4 Å². The van der Waals surface area contributed by atoms with E-state index in [1.54, 1.807) is 16.8 Å². The number of amides is 2. The molecule has 5 nitrogen and oxygen atoms in total. The SMILES string of the molecule is CC(C(=O)N1CCN(C)C(=O)C1(C)C)C1CNC1.Cl. The highest BCUT2D eigenvalue weighted by Crippen LogP contribution is 2.27. The summed E-state index contributed by atoms with van der Waals surface area (Å²) >= 11 is 0. The third kappa shape index (κ3) is 2.72. The standard InChI is InChI=1S/C13H23N3O2.ClH/c1-9(10-7-14-8-10)11(17)16-6-5-15(4)12(18)13(16,2)3;/h9-10,14H,5-8H2,1-4H3;1H. The molecule has 2 amide bonds. The van der Waals surface area contributed by atoms with E-state index in [1.807, 2.05) is 20.8 Å². The van der Waals surface area contributed by atoms with E-state index in [2.05, 4.69) is 5.32 Å². The minimum absolute atomic E-state index is 0.